The largest absolute Gasteiger partial charge is 0.491 e. The van der Waals surface area contributed by atoms with E-state index < -0.39 is 0 Å². The van der Waals surface area contributed by atoms with Gasteiger partial charge in [0.25, 0.3) is 0 Å². The SMILES string of the molecule is COCCNCc1cc(Br)c(OCC2CCCC2)c(Br)c1. The predicted molar refractivity (Wildman–Crippen MR) is 92.9 cm³/mol. The number of hydrogen-bond donors (Lipinski definition) is 1. The van der Waals surface area contributed by atoms with Crippen molar-refractivity contribution in [3.05, 3.63) is 26.6 Å². The summed E-state index contributed by atoms with van der Waals surface area (Å²) in [7, 11) is 1.71. The highest BCUT2D eigenvalue weighted by Gasteiger charge is 2.17. The summed E-state index contributed by atoms with van der Waals surface area (Å²) in [4.78, 5) is 0. The van der Waals surface area contributed by atoms with Crippen LogP contribution < -0.4 is 10.1 Å². The third-order valence-electron chi connectivity index (χ3n) is 3.81. The van der Waals surface area contributed by atoms with Gasteiger partial charge < -0.3 is 14.8 Å². The summed E-state index contributed by atoms with van der Waals surface area (Å²) in [6, 6.07) is 4.24. The summed E-state index contributed by atoms with van der Waals surface area (Å²) in [5, 5.41) is 3.35. The monoisotopic (exact) mass is 419 g/mol. The van der Waals surface area contributed by atoms with E-state index in [1.165, 1.54) is 31.2 Å². The second kappa shape index (κ2) is 9.13. The van der Waals surface area contributed by atoms with Gasteiger partial charge in [-0.25, -0.2) is 0 Å². The maximum absolute atomic E-state index is 6.02. The molecular weight excluding hydrogens is 398 g/mol. The van der Waals surface area contributed by atoms with E-state index in [1.54, 1.807) is 7.11 Å². The van der Waals surface area contributed by atoms with Crippen molar-refractivity contribution < 1.29 is 9.47 Å². The van der Waals surface area contributed by atoms with Crippen molar-refractivity contribution in [2.45, 2.75) is 32.2 Å². The fraction of sp³-hybridized carbons (Fsp3) is 0.625. The first-order chi connectivity index (χ1) is 10.2. The van der Waals surface area contributed by atoms with Crippen LogP contribution in [0.2, 0.25) is 0 Å². The predicted octanol–water partition coefficient (Wildman–Crippen LogP) is 4.52. The van der Waals surface area contributed by atoms with Gasteiger partial charge in [0, 0.05) is 20.2 Å². The van der Waals surface area contributed by atoms with Crippen molar-refractivity contribution in [2.75, 3.05) is 26.9 Å². The van der Waals surface area contributed by atoms with Crippen molar-refractivity contribution in [1.29, 1.82) is 0 Å². The normalized spacial score (nSPS) is 15.6. The number of hydrogen-bond acceptors (Lipinski definition) is 3. The van der Waals surface area contributed by atoms with Gasteiger partial charge in [0.2, 0.25) is 0 Å². The van der Waals surface area contributed by atoms with Gasteiger partial charge in [-0.1, -0.05) is 12.8 Å². The first-order valence-electron chi connectivity index (χ1n) is 7.51. The molecule has 0 spiro atoms. The van der Waals surface area contributed by atoms with Crippen LogP contribution >= 0.6 is 31.9 Å². The molecule has 1 aliphatic rings. The number of methoxy groups -OCH3 is 1. The minimum Gasteiger partial charge on any atom is -0.491 e. The minimum atomic E-state index is 0.721. The van der Waals surface area contributed by atoms with Crippen molar-refractivity contribution in [3.63, 3.8) is 0 Å². The minimum absolute atomic E-state index is 0.721. The molecule has 118 valence electrons. The highest BCUT2D eigenvalue weighted by molar-refractivity contribution is 9.11. The molecule has 0 amide bonds. The molecule has 1 aliphatic carbocycles. The quantitative estimate of drug-likeness (QED) is 0.627. The molecule has 0 saturated heterocycles. The first-order valence-corrected chi connectivity index (χ1v) is 9.09. The summed E-state index contributed by atoms with van der Waals surface area (Å²) in [6.07, 6.45) is 5.30. The number of rotatable bonds is 8. The lowest BCUT2D eigenvalue weighted by molar-refractivity contribution is 0.199. The Morgan fingerprint density at radius 2 is 1.86 bits per heavy atom. The number of ether oxygens (including phenoxy) is 2. The van der Waals surface area contributed by atoms with E-state index in [4.69, 9.17) is 9.47 Å². The third kappa shape index (κ3) is 5.55. The molecule has 1 aromatic rings. The zero-order valence-corrected chi connectivity index (χ0v) is 15.6. The Hall–Kier alpha value is -0.100. The summed E-state index contributed by atoms with van der Waals surface area (Å²) in [6.45, 7) is 3.22. The lowest BCUT2D eigenvalue weighted by Gasteiger charge is -2.15. The second-order valence-electron chi connectivity index (χ2n) is 5.52. The molecule has 5 heteroatoms. The average molecular weight is 421 g/mol. The van der Waals surface area contributed by atoms with E-state index in [2.05, 4.69) is 49.3 Å². The van der Waals surface area contributed by atoms with Crippen molar-refractivity contribution in [3.8, 4) is 5.75 Å². The fourth-order valence-electron chi connectivity index (χ4n) is 2.64. The number of nitrogens with one attached hydrogen (secondary N) is 1. The lowest BCUT2D eigenvalue weighted by atomic mass is 10.1. The molecule has 0 atom stereocenters. The van der Waals surface area contributed by atoms with Crippen LogP contribution in [0, 0.1) is 5.92 Å². The van der Waals surface area contributed by atoms with Crippen molar-refractivity contribution in [1.82, 2.24) is 5.32 Å². The molecule has 0 radical (unpaired) electrons. The molecule has 3 nitrogen and oxygen atoms in total. The summed E-state index contributed by atoms with van der Waals surface area (Å²) >= 11 is 7.25. The van der Waals surface area contributed by atoms with Gasteiger partial charge in [-0.15, -0.1) is 0 Å². The van der Waals surface area contributed by atoms with E-state index in [-0.39, 0.29) is 0 Å². The van der Waals surface area contributed by atoms with Crippen molar-refractivity contribution >= 4 is 31.9 Å². The molecule has 1 saturated carbocycles. The van der Waals surface area contributed by atoms with Gasteiger partial charge in [-0.2, -0.15) is 0 Å². The van der Waals surface area contributed by atoms with Crippen LogP contribution in [0.4, 0.5) is 0 Å². The second-order valence-corrected chi connectivity index (χ2v) is 7.23. The Morgan fingerprint density at radius 1 is 1.19 bits per heavy atom. The van der Waals surface area contributed by atoms with Crippen LogP contribution in [0.25, 0.3) is 0 Å². The van der Waals surface area contributed by atoms with Crippen LogP contribution in [0.1, 0.15) is 31.2 Å². The van der Waals surface area contributed by atoms with E-state index in [0.717, 1.165) is 46.9 Å². The summed E-state index contributed by atoms with van der Waals surface area (Å²) in [5.74, 6) is 1.64. The maximum atomic E-state index is 6.02. The fourth-order valence-corrected chi connectivity index (χ4v) is 4.15. The molecule has 1 aromatic carbocycles. The van der Waals surface area contributed by atoms with Gasteiger partial charge >= 0.3 is 0 Å². The molecule has 0 heterocycles. The van der Waals surface area contributed by atoms with Crippen LogP contribution in [0.5, 0.6) is 5.75 Å². The zero-order valence-electron chi connectivity index (χ0n) is 12.5. The Balaban J connectivity index is 1.89. The van der Waals surface area contributed by atoms with E-state index >= 15 is 0 Å². The topological polar surface area (TPSA) is 30.5 Å². The highest BCUT2D eigenvalue weighted by atomic mass is 79.9. The molecule has 21 heavy (non-hydrogen) atoms. The zero-order chi connectivity index (χ0) is 15.1. The molecule has 0 unspecified atom stereocenters. The standard InChI is InChI=1S/C16H23Br2NO2/c1-20-7-6-19-10-13-8-14(17)16(15(18)9-13)21-11-12-4-2-3-5-12/h8-9,12,19H,2-7,10-11H2,1H3. The Morgan fingerprint density at radius 3 is 2.48 bits per heavy atom. The molecule has 0 aliphatic heterocycles. The molecule has 0 aromatic heterocycles. The number of halogens is 2. The van der Waals surface area contributed by atoms with Gasteiger partial charge in [0.05, 0.1) is 22.2 Å². The van der Waals surface area contributed by atoms with E-state index in [9.17, 15) is 0 Å². The Kier molecular flexibility index (Phi) is 7.50. The van der Waals surface area contributed by atoms with E-state index in [0.29, 0.717) is 0 Å². The Bertz CT molecular complexity index is 425. The van der Waals surface area contributed by atoms with Crippen LogP contribution in [-0.2, 0) is 11.3 Å². The molecule has 1 fully saturated rings. The molecule has 1 N–H and O–H groups in total. The summed E-state index contributed by atoms with van der Waals surface area (Å²) < 4.78 is 13.1. The van der Waals surface area contributed by atoms with Crippen molar-refractivity contribution in [2.24, 2.45) is 5.92 Å². The van der Waals surface area contributed by atoms with Gasteiger partial charge in [-0.05, 0) is 68.3 Å². The maximum Gasteiger partial charge on any atom is 0.147 e. The highest BCUT2D eigenvalue weighted by Crippen LogP contribution is 2.36. The molecule has 2 rings (SSSR count). The van der Waals surface area contributed by atoms with Gasteiger partial charge in [-0.3, -0.25) is 0 Å². The van der Waals surface area contributed by atoms with Gasteiger partial charge in [0.1, 0.15) is 5.75 Å². The Labute approximate surface area is 144 Å². The first kappa shape index (κ1) is 17.3. The van der Waals surface area contributed by atoms with Crippen LogP contribution in [0.15, 0.2) is 21.1 Å². The summed E-state index contributed by atoms with van der Waals surface area (Å²) in [5.41, 5.74) is 1.22. The average Bonchev–Trinajstić information content (AvgIpc) is 2.96. The molecule has 0 bridgehead atoms. The molecular formula is C16H23Br2NO2. The van der Waals surface area contributed by atoms with Gasteiger partial charge in [0.15, 0.2) is 0 Å². The smallest absolute Gasteiger partial charge is 0.147 e. The van der Waals surface area contributed by atoms with Crippen LogP contribution in [-0.4, -0.2) is 26.9 Å². The van der Waals surface area contributed by atoms with Crippen LogP contribution in [0.3, 0.4) is 0 Å². The number of benzene rings is 1. The van der Waals surface area contributed by atoms with E-state index in [1.807, 2.05) is 0 Å². The lowest BCUT2D eigenvalue weighted by Crippen LogP contribution is -2.18. The third-order valence-corrected chi connectivity index (χ3v) is 4.99.